The molecule has 0 unspecified atom stereocenters. The van der Waals surface area contributed by atoms with Crippen LogP contribution >= 0.6 is 0 Å². The van der Waals surface area contributed by atoms with E-state index < -0.39 is 0 Å². The number of methoxy groups -OCH3 is 1. The smallest absolute Gasteiger partial charge is 0.101 e. The van der Waals surface area contributed by atoms with Crippen molar-refractivity contribution in [1.82, 2.24) is 0 Å². The average molecular weight is 205 g/mol. The predicted molar refractivity (Wildman–Crippen MR) is 60.6 cm³/mol. The van der Waals surface area contributed by atoms with Crippen molar-refractivity contribution in [2.24, 2.45) is 0 Å². The van der Waals surface area contributed by atoms with Crippen LogP contribution in [0.25, 0.3) is 0 Å². The van der Waals surface area contributed by atoms with Crippen LogP contribution in [0.5, 0.6) is 0 Å². The van der Waals surface area contributed by atoms with Gasteiger partial charge in [-0.1, -0.05) is 6.07 Å². The summed E-state index contributed by atoms with van der Waals surface area (Å²) in [5.74, 6) is 0. The molecule has 3 N–H and O–H groups in total. The summed E-state index contributed by atoms with van der Waals surface area (Å²) in [4.78, 5) is 0. The predicted octanol–water partition coefficient (Wildman–Crippen LogP) is 1.59. The highest BCUT2D eigenvalue weighted by Crippen LogP contribution is 2.21. The first-order valence-electron chi connectivity index (χ1n) is 4.81. The molecule has 15 heavy (non-hydrogen) atoms. The minimum absolute atomic E-state index is 0.506. The second-order valence-corrected chi connectivity index (χ2v) is 3.15. The fourth-order valence-corrected chi connectivity index (χ4v) is 1.26. The summed E-state index contributed by atoms with van der Waals surface area (Å²) in [5.41, 5.74) is 7.62. The Morgan fingerprint density at radius 2 is 2.33 bits per heavy atom. The van der Waals surface area contributed by atoms with Crippen LogP contribution in [0.4, 0.5) is 11.4 Å². The van der Waals surface area contributed by atoms with Gasteiger partial charge in [0.05, 0.1) is 16.9 Å². The fourth-order valence-electron chi connectivity index (χ4n) is 1.26. The lowest BCUT2D eigenvalue weighted by atomic mass is 10.1. The average Bonchev–Trinajstić information content (AvgIpc) is 2.26. The molecule has 0 aromatic heterocycles. The molecule has 1 aromatic carbocycles. The van der Waals surface area contributed by atoms with Gasteiger partial charge in [0.15, 0.2) is 0 Å². The Bertz CT molecular complexity index is 357. The Kier molecular flexibility index (Phi) is 4.45. The van der Waals surface area contributed by atoms with E-state index in [2.05, 4.69) is 5.32 Å². The zero-order chi connectivity index (χ0) is 11.1. The zero-order valence-corrected chi connectivity index (χ0v) is 8.79. The molecule has 0 bridgehead atoms. The molecule has 0 amide bonds. The van der Waals surface area contributed by atoms with Gasteiger partial charge >= 0.3 is 0 Å². The molecule has 1 rings (SSSR count). The van der Waals surface area contributed by atoms with Crippen LogP contribution in [-0.4, -0.2) is 20.3 Å². The van der Waals surface area contributed by atoms with Crippen molar-refractivity contribution in [3.05, 3.63) is 23.8 Å². The molecule has 1 aromatic rings. The van der Waals surface area contributed by atoms with Gasteiger partial charge in [-0.2, -0.15) is 5.26 Å². The second-order valence-electron chi connectivity index (χ2n) is 3.15. The van der Waals surface area contributed by atoms with Gasteiger partial charge in [0.2, 0.25) is 0 Å². The van der Waals surface area contributed by atoms with E-state index in [1.165, 1.54) is 0 Å². The molecular formula is C11H15N3O. The summed E-state index contributed by atoms with van der Waals surface area (Å²) in [6, 6.07) is 7.43. The molecule has 0 saturated heterocycles. The number of anilines is 2. The van der Waals surface area contributed by atoms with E-state index in [0.29, 0.717) is 17.9 Å². The van der Waals surface area contributed by atoms with E-state index in [9.17, 15) is 0 Å². The molecular weight excluding hydrogens is 190 g/mol. The Morgan fingerprint density at radius 1 is 1.53 bits per heavy atom. The minimum Gasteiger partial charge on any atom is -0.396 e. The summed E-state index contributed by atoms with van der Waals surface area (Å²) in [5, 5.41) is 11.9. The highest BCUT2D eigenvalue weighted by Gasteiger charge is 2.02. The molecule has 0 saturated carbocycles. The number of nitrogens with two attached hydrogens (primary N) is 1. The monoisotopic (exact) mass is 205 g/mol. The van der Waals surface area contributed by atoms with E-state index in [-0.39, 0.29) is 0 Å². The van der Waals surface area contributed by atoms with E-state index in [1.807, 2.05) is 18.2 Å². The SMILES string of the molecule is COCCCNc1cccc(C#N)c1N. The van der Waals surface area contributed by atoms with Gasteiger partial charge < -0.3 is 15.8 Å². The molecule has 80 valence electrons. The van der Waals surface area contributed by atoms with E-state index in [0.717, 1.165) is 18.7 Å². The number of hydrogen-bond acceptors (Lipinski definition) is 4. The Morgan fingerprint density at radius 3 is 3.00 bits per heavy atom. The molecule has 0 fully saturated rings. The first kappa shape index (κ1) is 11.3. The lowest BCUT2D eigenvalue weighted by Crippen LogP contribution is -2.07. The van der Waals surface area contributed by atoms with Gasteiger partial charge in [0.1, 0.15) is 6.07 Å². The quantitative estimate of drug-likeness (QED) is 0.565. The molecule has 0 heterocycles. The van der Waals surface area contributed by atoms with E-state index >= 15 is 0 Å². The maximum atomic E-state index is 8.77. The molecule has 0 atom stereocenters. The molecule has 0 aliphatic carbocycles. The summed E-state index contributed by atoms with van der Waals surface area (Å²) >= 11 is 0. The van der Waals surface area contributed by atoms with Crippen LogP contribution in [-0.2, 0) is 4.74 Å². The first-order chi connectivity index (χ1) is 7.29. The van der Waals surface area contributed by atoms with Crippen LogP contribution in [0.3, 0.4) is 0 Å². The molecule has 4 nitrogen and oxygen atoms in total. The van der Waals surface area contributed by atoms with Crippen molar-refractivity contribution < 1.29 is 4.74 Å². The Labute approximate surface area is 89.7 Å². The van der Waals surface area contributed by atoms with E-state index in [4.69, 9.17) is 15.7 Å². The molecule has 4 heteroatoms. The molecule has 0 spiro atoms. The lowest BCUT2D eigenvalue weighted by Gasteiger charge is -2.09. The largest absolute Gasteiger partial charge is 0.396 e. The fraction of sp³-hybridized carbons (Fsp3) is 0.364. The Hall–Kier alpha value is -1.73. The van der Waals surface area contributed by atoms with Crippen molar-refractivity contribution in [2.75, 3.05) is 31.3 Å². The number of rotatable bonds is 5. The van der Waals surface area contributed by atoms with Crippen molar-refractivity contribution >= 4 is 11.4 Å². The van der Waals surface area contributed by atoms with Crippen LogP contribution in [0, 0.1) is 11.3 Å². The topological polar surface area (TPSA) is 71.1 Å². The number of para-hydroxylation sites is 1. The van der Waals surface area contributed by atoms with Gasteiger partial charge in [0.25, 0.3) is 0 Å². The summed E-state index contributed by atoms with van der Waals surface area (Å²) in [6.45, 7) is 1.50. The van der Waals surface area contributed by atoms with Crippen molar-refractivity contribution in [3.8, 4) is 6.07 Å². The van der Waals surface area contributed by atoms with Crippen LogP contribution in [0.1, 0.15) is 12.0 Å². The third kappa shape index (κ3) is 3.15. The lowest BCUT2D eigenvalue weighted by molar-refractivity contribution is 0.198. The molecule has 0 aliphatic rings. The van der Waals surface area contributed by atoms with E-state index in [1.54, 1.807) is 13.2 Å². The molecule has 0 aliphatic heterocycles. The number of nitrogen functional groups attached to an aromatic ring is 1. The second kappa shape index (κ2) is 5.89. The summed E-state index contributed by atoms with van der Waals surface area (Å²) in [7, 11) is 1.67. The number of benzene rings is 1. The maximum Gasteiger partial charge on any atom is 0.101 e. The number of nitriles is 1. The summed E-state index contributed by atoms with van der Waals surface area (Å²) in [6.07, 6.45) is 0.909. The minimum atomic E-state index is 0.506. The van der Waals surface area contributed by atoms with Gasteiger partial charge in [-0.05, 0) is 18.6 Å². The van der Waals surface area contributed by atoms with Gasteiger partial charge in [-0.15, -0.1) is 0 Å². The summed E-state index contributed by atoms with van der Waals surface area (Å²) < 4.78 is 4.93. The normalized spacial score (nSPS) is 9.60. The van der Waals surface area contributed by atoms with Crippen LogP contribution in [0.15, 0.2) is 18.2 Å². The van der Waals surface area contributed by atoms with Crippen molar-refractivity contribution in [2.45, 2.75) is 6.42 Å². The van der Waals surface area contributed by atoms with Crippen molar-refractivity contribution in [1.29, 1.82) is 5.26 Å². The highest BCUT2D eigenvalue weighted by atomic mass is 16.5. The number of nitrogens with zero attached hydrogens (tertiary/aromatic N) is 1. The van der Waals surface area contributed by atoms with Gasteiger partial charge in [-0.25, -0.2) is 0 Å². The van der Waals surface area contributed by atoms with Gasteiger partial charge in [0, 0.05) is 20.3 Å². The van der Waals surface area contributed by atoms with Crippen molar-refractivity contribution in [3.63, 3.8) is 0 Å². The maximum absolute atomic E-state index is 8.77. The van der Waals surface area contributed by atoms with Crippen LogP contribution < -0.4 is 11.1 Å². The standard InChI is InChI=1S/C11H15N3O/c1-15-7-3-6-14-10-5-2-4-9(8-12)11(10)13/h2,4-5,14H,3,6-7,13H2,1H3. The zero-order valence-electron chi connectivity index (χ0n) is 8.79. The number of hydrogen-bond donors (Lipinski definition) is 2. The third-order valence-corrected chi connectivity index (χ3v) is 2.07. The first-order valence-corrected chi connectivity index (χ1v) is 4.81. The number of ether oxygens (including phenoxy) is 1. The molecule has 0 radical (unpaired) electrons. The third-order valence-electron chi connectivity index (χ3n) is 2.07. The van der Waals surface area contributed by atoms with Gasteiger partial charge in [-0.3, -0.25) is 0 Å². The Balaban J connectivity index is 2.58. The van der Waals surface area contributed by atoms with Crippen LogP contribution in [0.2, 0.25) is 0 Å². The number of nitrogens with one attached hydrogen (secondary N) is 1. The highest BCUT2D eigenvalue weighted by molar-refractivity contribution is 5.72.